The molecule has 0 radical (unpaired) electrons. The molecule has 0 aromatic carbocycles. The summed E-state index contributed by atoms with van der Waals surface area (Å²) in [5, 5.41) is 8.58. The number of primary amides is 1. The normalized spacial score (nSPS) is 10.7. The molecule has 0 atom stereocenters. The average Bonchev–Trinajstić information content (AvgIpc) is 2.14. The van der Waals surface area contributed by atoms with Crippen molar-refractivity contribution in [3.05, 3.63) is 17.2 Å². The fourth-order valence-corrected chi connectivity index (χ4v) is 0.975. The van der Waals surface area contributed by atoms with Crippen LogP contribution in [0.1, 0.15) is 15.9 Å². The van der Waals surface area contributed by atoms with E-state index < -0.39 is 29.5 Å². The zero-order valence-corrected chi connectivity index (χ0v) is 8.08. The molecule has 1 aromatic heterocycles. The number of rotatable bonds is 2. The molecule has 0 aliphatic rings. The second-order valence-electron chi connectivity index (χ2n) is 2.80. The predicted octanol–water partition coefficient (Wildman–Crippen LogP) is 0.533. The Morgan fingerprint density at radius 1 is 1.53 bits per heavy atom. The summed E-state index contributed by atoms with van der Waals surface area (Å²) >= 11 is 0. The summed E-state index contributed by atoms with van der Waals surface area (Å²) in [5.41, 5.74) is 9.14. The minimum atomic E-state index is -5.01. The second kappa shape index (κ2) is 4.17. The molecule has 1 amide bonds. The van der Waals surface area contributed by atoms with Gasteiger partial charge < -0.3 is 16.2 Å². The molecule has 6 nitrogen and oxygen atoms in total. The van der Waals surface area contributed by atoms with E-state index in [0.29, 0.717) is 0 Å². The van der Waals surface area contributed by atoms with Crippen LogP contribution in [0.2, 0.25) is 0 Å². The third-order valence-corrected chi connectivity index (χ3v) is 1.62. The number of carbonyl (C=O) groups excluding carboxylic acids is 1. The molecule has 0 spiro atoms. The largest absolute Gasteiger partial charge is 0.574 e. The molecule has 0 aliphatic heterocycles. The zero-order valence-electron chi connectivity index (χ0n) is 8.08. The molecule has 0 aliphatic carbocycles. The van der Waals surface area contributed by atoms with E-state index >= 15 is 0 Å². The third-order valence-electron chi connectivity index (χ3n) is 1.62. The number of nitriles is 1. The van der Waals surface area contributed by atoms with E-state index in [1.807, 2.05) is 0 Å². The van der Waals surface area contributed by atoms with Crippen molar-refractivity contribution < 1.29 is 22.7 Å². The zero-order chi connectivity index (χ0) is 13.2. The Morgan fingerprint density at radius 3 is 2.53 bits per heavy atom. The molecule has 9 heteroatoms. The van der Waals surface area contributed by atoms with Crippen molar-refractivity contribution in [3.8, 4) is 11.9 Å². The van der Waals surface area contributed by atoms with E-state index in [1.165, 1.54) is 6.07 Å². The van der Waals surface area contributed by atoms with Crippen LogP contribution in [-0.4, -0.2) is 17.3 Å². The Balaban J connectivity index is 3.30. The van der Waals surface area contributed by atoms with Crippen LogP contribution in [0, 0.1) is 11.3 Å². The first-order valence-corrected chi connectivity index (χ1v) is 4.00. The number of hydrogen-bond donors (Lipinski definition) is 2. The van der Waals surface area contributed by atoms with Crippen LogP contribution in [0.15, 0.2) is 6.07 Å². The average molecular weight is 246 g/mol. The van der Waals surface area contributed by atoms with Gasteiger partial charge in [0.25, 0.3) is 5.91 Å². The number of anilines is 1. The Bertz CT molecular complexity index is 507. The van der Waals surface area contributed by atoms with Crippen LogP contribution >= 0.6 is 0 Å². The molecule has 4 N–H and O–H groups in total. The topological polar surface area (TPSA) is 115 Å². The number of nitrogens with two attached hydrogens (primary N) is 2. The molecule has 0 unspecified atom stereocenters. The van der Waals surface area contributed by atoms with E-state index in [1.54, 1.807) is 0 Å². The highest BCUT2D eigenvalue weighted by Gasteiger charge is 2.33. The van der Waals surface area contributed by atoms with Gasteiger partial charge in [-0.3, -0.25) is 4.79 Å². The SMILES string of the molecule is N#Cc1cc(C(N)=O)c(N)nc1OC(F)(F)F. The first-order chi connectivity index (χ1) is 7.74. The highest BCUT2D eigenvalue weighted by molar-refractivity contribution is 5.97. The van der Waals surface area contributed by atoms with Gasteiger partial charge in [0.2, 0.25) is 5.88 Å². The first-order valence-electron chi connectivity index (χ1n) is 4.00. The van der Waals surface area contributed by atoms with Crippen LogP contribution in [0.5, 0.6) is 5.88 Å². The number of halogens is 3. The fourth-order valence-electron chi connectivity index (χ4n) is 0.975. The summed E-state index contributed by atoms with van der Waals surface area (Å²) in [6.07, 6.45) is -5.01. The number of hydrogen-bond acceptors (Lipinski definition) is 5. The van der Waals surface area contributed by atoms with Crippen molar-refractivity contribution in [3.63, 3.8) is 0 Å². The summed E-state index contributed by atoms with van der Waals surface area (Å²) in [7, 11) is 0. The number of carbonyl (C=O) groups is 1. The maximum absolute atomic E-state index is 11.9. The molecule has 0 saturated carbocycles. The van der Waals surface area contributed by atoms with E-state index in [0.717, 1.165) is 6.07 Å². The Morgan fingerprint density at radius 2 is 2.12 bits per heavy atom. The maximum atomic E-state index is 11.9. The maximum Gasteiger partial charge on any atom is 0.574 e. The number of alkyl halides is 3. The van der Waals surface area contributed by atoms with E-state index in [2.05, 4.69) is 9.72 Å². The number of aromatic nitrogens is 1. The van der Waals surface area contributed by atoms with Gasteiger partial charge in [-0.15, -0.1) is 13.2 Å². The molecule has 0 fully saturated rings. The first kappa shape index (κ1) is 12.6. The number of nitrogen functional groups attached to an aromatic ring is 1. The van der Waals surface area contributed by atoms with Gasteiger partial charge in [-0.05, 0) is 6.07 Å². The molecular formula is C8H5F3N4O2. The standard InChI is InChI=1S/C8H5F3N4O2/c9-8(10,11)17-7-3(2-12)1-4(6(14)16)5(13)15-7/h1H,(H2,13,15)(H2,14,16). The van der Waals surface area contributed by atoms with E-state index in [4.69, 9.17) is 16.7 Å². The highest BCUT2D eigenvalue weighted by atomic mass is 19.4. The summed E-state index contributed by atoms with van der Waals surface area (Å²) in [6, 6.07) is 2.17. The number of amides is 1. The quantitative estimate of drug-likeness (QED) is 0.789. The molecular weight excluding hydrogens is 241 g/mol. The van der Waals surface area contributed by atoms with Crippen LogP contribution < -0.4 is 16.2 Å². The van der Waals surface area contributed by atoms with Gasteiger partial charge in [-0.2, -0.15) is 10.2 Å². The summed E-state index contributed by atoms with van der Waals surface area (Å²) in [4.78, 5) is 14.0. The summed E-state index contributed by atoms with van der Waals surface area (Å²) in [5.74, 6) is -2.58. The van der Waals surface area contributed by atoms with Gasteiger partial charge in [-0.25, -0.2) is 0 Å². The number of nitrogens with zero attached hydrogens (tertiary/aromatic N) is 2. The Kier molecular flexibility index (Phi) is 3.08. The van der Waals surface area contributed by atoms with Crippen molar-refractivity contribution in [2.45, 2.75) is 6.36 Å². The van der Waals surface area contributed by atoms with E-state index in [-0.39, 0.29) is 5.56 Å². The molecule has 1 aromatic rings. The lowest BCUT2D eigenvalue weighted by atomic mass is 10.2. The third kappa shape index (κ3) is 2.97. The molecule has 90 valence electrons. The minimum Gasteiger partial charge on any atom is -0.386 e. The van der Waals surface area contributed by atoms with Crippen LogP contribution in [0.25, 0.3) is 0 Å². The fraction of sp³-hybridized carbons (Fsp3) is 0.125. The molecule has 1 rings (SSSR count). The van der Waals surface area contributed by atoms with Gasteiger partial charge in [0.05, 0.1) is 5.56 Å². The van der Waals surface area contributed by atoms with Gasteiger partial charge in [0, 0.05) is 0 Å². The van der Waals surface area contributed by atoms with Crippen LogP contribution in [0.3, 0.4) is 0 Å². The molecule has 0 saturated heterocycles. The predicted molar refractivity (Wildman–Crippen MR) is 48.6 cm³/mol. The smallest absolute Gasteiger partial charge is 0.386 e. The lowest BCUT2D eigenvalue weighted by Crippen LogP contribution is -2.21. The summed E-state index contributed by atoms with van der Waals surface area (Å²) in [6.45, 7) is 0. The van der Waals surface area contributed by atoms with Crippen LogP contribution in [0.4, 0.5) is 19.0 Å². The van der Waals surface area contributed by atoms with Crippen molar-refractivity contribution >= 4 is 11.7 Å². The van der Waals surface area contributed by atoms with Crippen molar-refractivity contribution in [2.75, 3.05) is 5.73 Å². The molecule has 0 bridgehead atoms. The van der Waals surface area contributed by atoms with Gasteiger partial charge in [0.1, 0.15) is 17.5 Å². The Hall–Kier alpha value is -2.50. The minimum absolute atomic E-state index is 0.351. The second-order valence-corrected chi connectivity index (χ2v) is 2.80. The van der Waals surface area contributed by atoms with Crippen molar-refractivity contribution in [1.29, 1.82) is 5.26 Å². The summed E-state index contributed by atoms with van der Waals surface area (Å²) < 4.78 is 39.3. The van der Waals surface area contributed by atoms with Gasteiger partial charge in [-0.1, -0.05) is 0 Å². The lowest BCUT2D eigenvalue weighted by molar-refractivity contribution is -0.276. The lowest BCUT2D eigenvalue weighted by Gasteiger charge is -2.10. The molecule has 17 heavy (non-hydrogen) atoms. The highest BCUT2D eigenvalue weighted by Crippen LogP contribution is 2.26. The van der Waals surface area contributed by atoms with Crippen molar-refractivity contribution in [1.82, 2.24) is 4.98 Å². The number of ether oxygens (including phenoxy) is 1. The van der Waals surface area contributed by atoms with Crippen LogP contribution in [-0.2, 0) is 0 Å². The van der Waals surface area contributed by atoms with Gasteiger partial charge in [0.15, 0.2) is 0 Å². The molecule has 1 heterocycles. The Labute approximate surface area is 92.6 Å². The van der Waals surface area contributed by atoms with Gasteiger partial charge >= 0.3 is 6.36 Å². The number of pyridine rings is 1. The van der Waals surface area contributed by atoms with Crippen molar-refractivity contribution in [2.24, 2.45) is 5.73 Å². The monoisotopic (exact) mass is 246 g/mol. The van der Waals surface area contributed by atoms with E-state index in [9.17, 15) is 18.0 Å².